The molecule has 1 N–H and O–H groups in total. The number of rotatable bonds is 9. The van der Waals surface area contributed by atoms with E-state index >= 15 is 0 Å². The van der Waals surface area contributed by atoms with E-state index < -0.39 is 0 Å². The Bertz CT molecular complexity index is 1230. The summed E-state index contributed by atoms with van der Waals surface area (Å²) < 4.78 is 3.12. The van der Waals surface area contributed by atoms with E-state index in [2.05, 4.69) is 73.2 Å². The van der Waals surface area contributed by atoms with Crippen molar-refractivity contribution in [3.05, 3.63) is 50.4 Å². The van der Waals surface area contributed by atoms with Crippen molar-refractivity contribution in [2.45, 2.75) is 44.8 Å². The summed E-state index contributed by atoms with van der Waals surface area (Å²) in [7, 11) is 0. The predicted octanol–water partition coefficient (Wildman–Crippen LogP) is 7.16. The maximum Gasteiger partial charge on any atom is 0.236 e. The Morgan fingerprint density at radius 3 is 2.67 bits per heavy atom. The highest BCUT2D eigenvalue weighted by atomic mass is 79.9. The van der Waals surface area contributed by atoms with Crippen LogP contribution in [0.2, 0.25) is 0 Å². The third-order valence-corrected chi connectivity index (χ3v) is 8.04. The third kappa shape index (κ3) is 5.92. The van der Waals surface area contributed by atoms with Gasteiger partial charge in [-0.15, -0.1) is 32.9 Å². The Hall–Kier alpha value is -2.01. The molecule has 10 heteroatoms. The number of anilines is 1. The molecular formula is C23H24BrN5OS3. The number of hydrogen-bond donors (Lipinski definition) is 1. The number of carbonyl (C=O) groups excluding carboxylic acids is 1. The lowest BCUT2D eigenvalue weighted by molar-refractivity contribution is -0.113. The molecule has 0 unspecified atom stereocenters. The zero-order valence-corrected chi connectivity index (χ0v) is 22.6. The molecule has 0 spiro atoms. The third-order valence-electron chi connectivity index (χ3n) is 4.81. The second kappa shape index (κ2) is 10.9. The molecule has 0 aliphatic heterocycles. The summed E-state index contributed by atoms with van der Waals surface area (Å²) >= 11 is 8.01. The van der Waals surface area contributed by atoms with Crippen molar-refractivity contribution in [2.24, 2.45) is 0 Å². The van der Waals surface area contributed by atoms with Crippen LogP contribution < -0.4 is 5.32 Å². The number of amides is 1. The number of thioether (sulfide) groups is 1. The first-order chi connectivity index (χ1) is 15.9. The summed E-state index contributed by atoms with van der Waals surface area (Å²) in [6, 6.07) is 10.3. The fourth-order valence-electron chi connectivity index (χ4n) is 3.28. The fraction of sp³-hybridized carbons (Fsp3) is 0.304. The van der Waals surface area contributed by atoms with Crippen LogP contribution in [0, 0.1) is 0 Å². The van der Waals surface area contributed by atoms with Crippen LogP contribution in [0.1, 0.15) is 38.1 Å². The molecule has 1 amide bonds. The number of nitrogens with zero attached hydrogens (tertiary/aromatic N) is 4. The maximum atomic E-state index is 12.6. The van der Waals surface area contributed by atoms with Crippen LogP contribution in [0.15, 0.2) is 50.7 Å². The van der Waals surface area contributed by atoms with Crippen molar-refractivity contribution < 1.29 is 4.79 Å². The van der Waals surface area contributed by atoms with E-state index in [1.165, 1.54) is 28.0 Å². The van der Waals surface area contributed by atoms with Crippen molar-refractivity contribution in [2.75, 3.05) is 11.1 Å². The minimum atomic E-state index is -0.114. The number of halogens is 1. The van der Waals surface area contributed by atoms with E-state index in [-0.39, 0.29) is 17.7 Å². The summed E-state index contributed by atoms with van der Waals surface area (Å²) in [4.78, 5) is 18.5. The number of thiophene rings is 1. The Morgan fingerprint density at radius 1 is 1.15 bits per heavy atom. The van der Waals surface area contributed by atoms with Gasteiger partial charge >= 0.3 is 0 Å². The minimum absolute atomic E-state index is 0.114. The first-order valence-corrected chi connectivity index (χ1v) is 14.1. The molecule has 4 rings (SSSR count). The van der Waals surface area contributed by atoms with Gasteiger partial charge in [0, 0.05) is 37.3 Å². The predicted molar refractivity (Wildman–Crippen MR) is 142 cm³/mol. The van der Waals surface area contributed by atoms with Crippen LogP contribution in [0.3, 0.4) is 0 Å². The van der Waals surface area contributed by atoms with Crippen LogP contribution in [-0.4, -0.2) is 31.4 Å². The van der Waals surface area contributed by atoms with Gasteiger partial charge in [-0.2, -0.15) is 0 Å². The molecule has 0 saturated heterocycles. The summed E-state index contributed by atoms with van der Waals surface area (Å²) in [6.45, 7) is 6.40. The van der Waals surface area contributed by atoms with Crippen molar-refractivity contribution in [1.82, 2.24) is 19.7 Å². The van der Waals surface area contributed by atoms with Crippen LogP contribution in [0.5, 0.6) is 0 Å². The number of aromatic nitrogens is 4. The molecule has 4 aromatic rings. The SMILES string of the molecule is CCCc1cc(-c2nnc(SCC(=O)Nc3nc(-c4ccc(Br)cc4)cs3)n2C(C)C)cs1. The zero-order valence-electron chi connectivity index (χ0n) is 18.5. The molecule has 0 aliphatic rings. The van der Waals surface area contributed by atoms with Gasteiger partial charge < -0.3 is 5.32 Å². The lowest BCUT2D eigenvalue weighted by Gasteiger charge is -2.13. The Kier molecular flexibility index (Phi) is 8.00. The van der Waals surface area contributed by atoms with E-state index in [9.17, 15) is 4.79 Å². The first-order valence-electron chi connectivity index (χ1n) is 10.6. The molecule has 0 bridgehead atoms. The topological polar surface area (TPSA) is 72.7 Å². The molecule has 3 heterocycles. The molecule has 6 nitrogen and oxygen atoms in total. The largest absolute Gasteiger partial charge is 0.301 e. The second-order valence-electron chi connectivity index (χ2n) is 7.70. The first kappa shape index (κ1) is 24.1. The van der Waals surface area contributed by atoms with Crippen LogP contribution in [-0.2, 0) is 11.2 Å². The standard InChI is InChI=1S/C23H24BrN5OS3/c1-4-5-18-10-16(11-31-18)21-27-28-23(29(21)14(2)3)33-13-20(30)26-22-25-19(12-32-22)15-6-8-17(24)9-7-15/h6-12,14H,4-5,13H2,1-3H3,(H,25,26,30). The normalized spacial score (nSPS) is 11.3. The summed E-state index contributed by atoms with van der Waals surface area (Å²) in [6.07, 6.45) is 2.19. The summed E-state index contributed by atoms with van der Waals surface area (Å²) in [5.74, 6) is 0.978. The van der Waals surface area contributed by atoms with Gasteiger partial charge in [0.1, 0.15) is 0 Å². The average Bonchev–Trinajstić information content (AvgIpc) is 3.52. The van der Waals surface area contributed by atoms with Crippen molar-refractivity contribution in [1.29, 1.82) is 0 Å². The molecular weight excluding hydrogens is 538 g/mol. The monoisotopic (exact) mass is 561 g/mol. The van der Waals surface area contributed by atoms with Crippen molar-refractivity contribution in [3.63, 3.8) is 0 Å². The zero-order chi connectivity index (χ0) is 23.4. The Morgan fingerprint density at radius 2 is 1.94 bits per heavy atom. The van der Waals surface area contributed by atoms with Crippen LogP contribution in [0.4, 0.5) is 5.13 Å². The van der Waals surface area contributed by atoms with Gasteiger partial charge in [-0.25, -0.2) is 4.98 Å². The fourth-order valence-corrected chi connectivity index (χ4v) is 6.12. The Balaban J connectivity index is 1.41. The van der Waals surface area contributed by atoms with E-state index in [1.54, 1.807) is 11.3 Å². The number of thiazole rings is 1. The van der Waals surface area contributed by atoms with Crippen LogP contribution >= 0.6 is 50.4 Å². The van der Waals surface area contributed by atoms with Gasteiger partial charge in [0.25, 0.3) is 0 Å². The number of benzene rings is 1. The van der Waals surface area contributed by atoms with Gasteiger partial charge in [0.2, 0.25) is 5.91 Å². The van der Waals surface area contributed by atoms with Gasteiger partial charge in [-0.05, 0) is 38.5 Å². The molecule has 0 radical (unpaired) electrons. The van der Waals surface area contributed by atoms with Crippen LogP contribution in [0.25, 0.3) is 22.6 Å². The number of hydrogen-bond acceptors (Lipinski definition) is 7. The number of aryl methyl sites for hydroxylation is 1. The molecule has 0 atom stereocenters. The minimum Gasteiger partial charge on any atom is -0.301 e. The van der Waals surface area contributed by atoms with Gasteiger partial charge in [-0.1, -0.05) is 53.2 Å². The van der Waals surface area contributed by atoms with Gasteiger partial charge in [0.15, 0.2) is 16.1 Å². The lowest BCUT2D eigenvalue weighted by Crippen LogP contribution is -2.15. The molecule has 172 valence electrons. The molecule has 0 fully saturated rings. The van der Waals surface area contributed by atoms with Crippen molar-refractivity contribution >= 4 is 61.4 Å². The quantitative estimate of drug-likeness (QED) is 0.219. The summed E-state index contributed by atoms with van der Waals surface area (Å²) in [5, 5.41) is 17.1. The Labute approximate surface area is 214 Å². The highest BCUT2D eigenvalue weighted by Crippen LogP contribution is 2.31. The lowest BCUT2D eigenvalue weighted by atomic mass is 10.2. The van der Waals surface area contributed by atoms with E-state index in [1.807, 2.05) is 29.6 Å². The average molecular weight is 563 g/mol. The molecule has 1 aromatic carbocycles. The highest BCUT2D eigenvalue weighted by molar-refractivity contribution is 9.10. The van der Waals surface area contributed by atoms with E-state index in [4.69, 9.17) is 0 Å². The highest BCUT2D eigenvalue weighted by Gasteiger charge is 2.19. The number of carbonyl (C=O) groups is 1. The smallest absolute Gasteiger partial charge is 0.236 e. The van der Waals surface area contributed by atoms with Crippen molar-refractivity contribution in [3.8, 4) is 22.6 Å². The van der Waals surface area contributed by atoms with Gasteiger partial charge in [0.05, 0.1) is 11.4 Å². The molecule has 33 heavy (non-hydrogen) atoms. The van der Waals surface area contributed by atoms with Gasteiger partial charge in [-0.3, -0.25) is 9.36 Å². The maximum absolute atomic E-state index is 12.6. The molecule has 0 saturated carbocycles. The van der Waals surface area contributed by atoms with E-state index in [0.29, 0.717) is 5.13 Å². The molecule has 0 aliphatic carbocycles. The van der Waals surface area contributed by atoms with E-state index in [0.717, 1.165) is 45.1 Å². The second-order valence-corrected chi connectivity index (χ2v) is 11.4. The molecule has 3 aromatic heterocycles. The number of nitrogens with one attached hydrogen (secondary N) is 1. The summed E-state index contributed by atoms with van der Waals surface area (Å²) in [5.41, 5.74) is 2.94.